The average Bonchev–Trinajstić information content (AvgIpc) is 3.03. The molecule has 39 heavy (non-hydrogen) atoms. The summed E-state index contributed by atoms with van der Waals surface area (Å²) in [5.41, 5.74) is 0.255. The number of aliphatic hydroxyl groups is 1. The summed E-state index contributed by atoms with van der Waals surface area (Å²) in [6.45, 7) is 5.12. The first-order valence-corrected chi connectivity index (χ1v) is 12.7. The molecular weight excluding hydrogens is 496 g/mol. The zero-order valence-electron chi connectivity index (χ0n) is 22.0. The molecule has 0 saturated carbocycles. The lowest BCUT2D eigenvalue weighted by Gasteiger charge is -2.45. The first kappa shape index (κ1) is 26.2. The number of fused-ring (bicyclic) bond motifs is 1. The fourth-order valence-corrected chi connectivity index (χ4v) is 4.39. The minimum atomic E-state index is -1.04. The third kappa shape index (κ3) is 5.87. The number of carbonyl (C=O) groups excluding carboxylic acids is 2. The molecule has 9 nitrogen and oxygen atoms in total. The van der Waals surface area contributed by atoms with Gasteiger partial charge in [-0.25, -0.2) is 0 Å². The summed E-state index contributed by atoms with van der Waals surface area (Å²) >= 11 is 0. The summed E-state index contributed by atoms with van der Waals surface area (Å²) in [6.07, 6.45) is 1.48. The summed E-state index contributed by atoms with van der Waals surface area (Å²) in [7, 11) is 1.62. The quantitative estimate of drug-likeness (QED) is 0.493. The Labute approximate surface area is 227 Å². The van der Waals surface area contributed by atoms with Gasteiger partial charge in [-0.15, -0.1) is 0 Å². The zero-order valence-corrected chi connectivity index (χ0v) is 22.0. The van der Waals surface area contributed by atoms with Crippen molar-refractivity contribution in [2.75, 3.05) is 31.6 Å². The van der Waals surface area contributed by atoms with Gasteiger partial charge in [-0.2, -0.15) is 0 Å². The topological polar surface area (TPSA) is 104 Å². The maximum absolute atomic E-state index is 13.3. The highest BCUT2D eigenvalue weighted by Crippen LogP contribution is 2.32. The number of hydrogen-bond donors (Lipinski definition) is 2. The van der Waals surface area contributed by atoms with Crippen LogP contribution in [0, 0.1) is 11.8 Å². The van der Waals surface area contributed by atoms with Gasteiger partial charge in [0.1, 0.15) is 35.6 Å². The first-order chi connectivity index (χ1) is 18.7. The van der Waals surface area contributed by atoms with Gasteiger partial charge in [-0.1, -0.05) is 30.0 Å². The Morgan fingerprint density at radius 3 is 2.67 bits per heavy atom. The van der Waals surface area contributed by atoms with Gasteiger partial charge in [-0.3, -0.25) is 19.5 Å². The number of likely N-dealkylation sites (N-methyl/N-ethyl adjacent to an activating group) is 1. The van der Waals surface area contributed by atoms with E-state index < -0.39 is 17.6 Å². The number of aromatic nitrogens is 1. The summed E-state index contributed by atoms with van der Waals surface area (Å²) < 4.78 is 11.7. The summed E-state index contributed by atoms with van der Waals surface area (Å²) in [4.78, 5) is 34.0. The molecule has 9 heteroatoms. The van der Waals surface area contributed by atoms with E-state index in [1.54, 1.807) is 31.3 Å². The van der Waals surface area contributed by atoms with Crippen LogP contribution in [0.25, 0.3) is 0 Å². The molecule has 2 aromatic carbocycles. The average molecular weight is 527 g/mol. The Balaban J connectivity index is 1.26. The van der Waals surface area contributed by atoms with Crippen LogP contribution < -0.4 is 19.7 Å². The van der Waals surface area contributed by atoms with E-state index >= 15 is 0 Å². The van der Waals surface area contributed by atoms with Crippen LogP contribution in [-0.2, 0) is 4.79 Å². The van der Waals surface area contributed by atoms with Gasteiger partial charge in [0.25, 0.3) is 11.8 Å². The molecule has 3 aromatic rings. The number of pyridine rings is 1. The number of likely N-dealkylation sites (tertiary alicyclic amines) is 1. The van der Waals surface area contributed by atoms with Crippen LogP contribution in [0.1, 0.15) is 29.9 Å². The van der Waals surface area contributed by atoms with Gasteiger partial charge in [0.15, 0.2) is 5.60 Å². The Morgan fingerprint density at radius 2 is 1.92 bits per heavy atom. The summed E-state index contributed by atoms with van der Waals surface area (Å²) in [6, 6.07) is 17.1. The number of β-amino-alcohol motifs (C(OH)–C–C–N with tert-alkyl or cyclic N) is 1. The fourth-order valence-electron chi connectivity index (χ4n) is 4.39. The zero-order chi connectivity index (χ0) is 27.6. The Kier molecular flexibility index (Phi) is 7.24. The van der Waals surface area contributed by atoms with E-state index in [1.807, 2.05) is 30.3 Å². The molecular formula is C30H30N4O5. The lowest BCUT2D eigenvalue weighted by atomic mass is 9.93. The summed E-state index contributed by atoms with van der Waals surface area (Å²) in [5, 5.41) is 13.3. The predicted octanol–water partition coefficient (Wildman–Crippen LogP) is 2.83. The van der Waals surface area contributed by atoms with E-state index in [4.69, 9.17) is 9.47 Å². The maximum atomic E-state index is 13.3. The molecule has 1 aromatic heterocycles. The van der Waals surface area contributed by atoms with Crippen LogP contribution in [0.5, 0.6) is 17.2 Å². The molecule has 200 valence electrons. The number of rotatable bonds is 5. The van der Waals surface area contributed by atoms with Crippen LogP contribution in [0.4, 0.5) is 5.69 Å². The van der Waals surface area contributed by atoms with E-state index in [0.717, 1.165) is 0 Å². The van der Waals surface area contributed by atoms with Crippen molar-refractivity contribution in [2.24, 2.45) is 0 Å². The highest BCUT2D eigenvalue weighted by atomic mass is 16.5. The fraction of sp³-hybridized carbons (Fsp3) is 0.300. The molecule has 1 atom stereocenters. The van der Waals surface area contributed by atoms with Gasteiger partial charge >= 0.3 is 0 Å². The van der Waals surface area contributed by atoms with Crippen molar-refractivity contribution in [2.45, 2.75) is 31.5 Å². The van der Waals surface area contributed by atoms with E-state index in [1.165, 1.54) is 17.2 Å². The second-order valence-corrected chi connectivity index (χ2v) is 9.99. The van der Waals surface area contributed by atoms with Gasteiger partial charge in [-0.05, 0) is 50.2 Å². The lowest BCUT2D eigenvalue weighted by Crippen LogP contribution is -2.62. The normalized spacial score (nSPS) is 18.1. The molecule has 0 radical (unpaired) electrons. The Bertz CT molecular complexity index is 1440. The number of nitrogens with one attached hydrogen (secondary N) is 1. The van der Waals surface area contributed by atoms with Crippen LogP contribution in [-0.4, -0.2) is 71.2 Å². The lowest BCUT2D eigenvalue weighted by molar-refractivity contribution is -0.120. The molecule has 0 unspecified atom stereocenters. The standard InChI is InChI=1S/C30H30N4O5/c1-20(2)34-18-30(37,19-34)13-11-21-9-10-27-26(15-21)33(3)29(36)25(17-38-27)32-28(35)24-16-23(12-14-31-24)39-22-7-5-4-6-8-22/h4-10,12,14-16,20,25,37H,17-19H2,1-3H3,(H,32,35)/t25-/m1/s1. The predicted molar refractivity (Wildman–Crippen MR) is 146 cm³/mol. The molecule has 2 aliphatic heterocycles. The molecule has 0 aliphatic carbocycles. The molecule has 2 aliphatic rings. The highest BCUT2D eigenvalue weighted by molar-refractivity contribution is 6.03. The van der Waals surface area contributed by atoms with Crippen LogP contribution in [0.2, 0.25) is 0 Å². The smallest absolute Gasteiger partial charge is 0.270 e. The number of amides is 2. The SMILES string of the molecule is CC(C)N1CC(O)(C#Cc2ccc3c(c2)N(C)C(=O)[C@H](NC(=O)c2cc(Oc4ccccc4)ccn2)CO3)C1. The minimum absolute atomic E-state index is 0.0437. The van der Waals surface area contributed by atoms with E-state index in [0.29, 0.717) is 47.6 Å². The summed E-state index contributed by atoms with van der Waals surface area (Å²) in [5.74, 6) is 6.71. The number of para-hydroxylation sites is 1. The molecule has 2 N–H and O–H groups in total. The number of hydrogen-bond acceptors (Lipinski definition) is 7. The van der Waals surface area contributed by atoms with Crippen molar-refractivity contribution in [3.05, 3.63) is 78.1 Å². The van der Waals surface area contributed by atoms with Gasteiger partial charge in [0, 0.05) is 44.0 Å². The molecule has 3 heterocycles. The molecule has 5 rings (SSSR count). The second-order valence-electron chi connectivity index (χ2n) is 9.99. The van der Waals surface area contributed by atoms with Crippen molar-refractivity contribution in [3.63, 3.8) is 0 Å². The Hall–Kier alpha value is -4.39. The molecule has 0 spiro atoms. The van der Waals surface area contributed by atoms with Crippen LogP contribution >= 0.6 is 0 Å². The largest absolute Gasteiger partial charge is 0.489 e. The van der Waals surface area contributed by atoms with Crippen molar-refractivity contribution >= 4 is 17.5 Å². The Morgan fingerprint density at radius 1 is 1.15 bits per heavy atom. The third-order valence-electron chi connectivity index (χ3n) is 6.70. The van der Waals surface area contributed by atoms with Crippen LogP contribution in [0.15, 0.2) is 66.9 Å². The number of carbonyl (C=O) groups is 2. The molecule has 2 amide bonds. The van der Waals surface area contributed by atoms with Gasteiger partial charge in [0.05, 0.1) is 5.69 Å². The van der Waals surface area contributed by atoms with Crippen molar-refractivity contribution in [1.82, 2.24) is 15.2 Å². The molecule has 1 fully saturated rings. The number of ether oxygens (including phenoxy) is 2. The molecule has 0 bridgehead atoms. The monoisotopic (exact) mass is 526 g/mol. The highest BCUT2D eigenvalue weighted by Gasteiger charge is 2.40. The van der Waals surface area contributed by atoms with Crippen molar-refractivity contribution in [1.29, 1.82) is 0 Å². The van der Waals surface area contributed by atoms with E-state index in [-0.39, 0.29) is 18.2 Å². The van der Waals surface area contributed by atoms with Gasteiger partial charge in [0.2, 0.25) is 0 Å². The van der Waals surface area contributed by atoms with E-state index in [9.17, 15) is 14.7 Å². The second kappa shape index (κ2) is 10.8. The number of benzene rings is 2. The van der Waals surface area contributed by atoms with Crippen LogP contribution in [0.3, 0.4) is 0 Å². The molecule has 1 saturated heterocycles. The van der Waals surface area contributed by atoms with Gasteiger partial charge < -0.3 is 24.8 Å². The first-order valence-electron chi connectivity index (χ1n) is 12.7. The maximum Gasteiger partial charge on any atom is 0.270 e. The van der Waals surface area contributed by atoms with Crippen molar-refractivity contribution < 1.29 is 24.2 Å². The number of nitrogens with zero attached hydrogens (tertiary/aromatic N) is 3. The van der Waals surface area contributed by atoms with Crippen molar-refractivity contribution in [3.8, 4) is 29.1 Å². The third-order valence-corrected chi connectivity index (χ3v) is 6.70. The minimum Gasteiger partial charge on any atom is -0.489 e. The number of anilines is 1. The van der Waals surface area contributed by atoms with E-state index in [2.05, 4.69) is 40.9 Å².